The summed E-state index contributed by atoms with van der Waals surface area (Å²) in [5.74, 6) is -0.0479. The van der Waals surface area contributed by atoms with E-state index in [1.807, 2.05) is 0 Å². The summed E-state index contributed by atoms with van der Waals surface area (Å²) in [7, 11) is -3.33. The molecule has 0 bridgehead atoms. The van der Waals surface area contributed by atoms with E-state index in [1.165, 1.54) is 6.92 Å². The van der Waals surface area contributed by atoms with Gasteiger partial charge in [-0.25, -0.2) is 13.1 Å². The van der Waals surface area contributed by atoms with E-state index >= 15 is 0 Å². The highest BCUT2D eigenvalue weighted by atomic mass is 35.5. The third-order valence-corrected chi connectivity index (χ3v) is 3.05. The van der Waals surface area contributed by atoms with Crippen LogP contribution < -0.4 is 4.72 Å². The Bertz CT molecular complexity index is 250. The molecular weight excluding hydrogens is 202 g/mol. The fourth-order valence-corrected chi connectivity index (χ4v) is 1.74. The summed E-state index contributed by atoms with van der Waals surface area (Å²) in [5.41, 5.74) is 0. The van der Waals surface area contributed by atoms with E-state index in [9.17, 15) is 13.2 Å². The van der Waals surface area contributed by atoms with Gasteiger partial charge in [0.15, 0.2) is 0 Å². The van der Waals surface area contributed by atoms with Gasteiger partial charge in [0.05, 0.1) is 11.8 Å². The van der Waals surface area contributed by atoms with E-state index in [4.69, 9.17) is 11.6 Å². The zero-order valence-corrected chi connectivity index (χ0v) is 8.57. The maximum atomic E-state index is 11.0. The Kier molecular flexibility index (Phi) is 4.74. The predicted molar refractivity (Wildman–Crippen MR) is 47.5 cm³/mol. The molecule has 0 saturated carbocycles. The zero-order valence-electron chi connectivity index (χ0n) is 7.00. The fourth-order valence-electron chi connectivity index (χ4n) is 0.590. The van der Waals surface area contributed by atoms with Crippen LogP contribution in [0.15, 0.2) is 0 Å². The largest absolute Gasteiger partial charge is 0.279 e. The molecule has 0 aliphatic heterocycles. The fraction of sp³-hybridized carbons (Fsp3) is 0.833. The lowest BCUT2D eigenvalue weighted by molar-refractivity contribution is -0.113. The molecule has 1 N–H and O–H groups in total. The average Bonchev–Trinajstić information content (AvgIpc) is 2.00. The van der Waals surface area contributed by atoms with Crippen LogP contribution in [0.1, 0.15) is 20.3 Å². The summed E-state index contributed by atoms with van der Waals surface area (Å²) in [4.78, 5) is 10.6. The van der Waals surface area contributed by atoms with E-state index in [1.54, 1.807) is 6.92 Å². The summed E-state index contributed by atoms with van der Waals surface area (Å²) in [6.45, 7) is 3.18. The van der Waals surface area contributed by atoms with Crippen molar-refractivity contribution in [2.45, 2.75) is 26.3 Å². The van der Waals surface area contributed by atoms with Gasteiger partial charge in [-0.3, -0.25) is 4.79 Å². The van der Waals surface area contributed by atoms with Crippen molar-refractivity contribution in [2.24, 2.45) is 0 Å². The molecule has 0 amide bonds. The minimum atomic E-state index is -3.33. The second-order valence-corrected chi connectivity index (χ2v) is 4.70. The Balaban J connectivity index is 4.32. The second-order valence-electron chi connectivity index (χ2n) is 2.29. The van der Waals surface area contributed by atoms with E-state index in [0.717, 1.165) is 0 Å². The zero-order chi connectivity index (χ0) is 9.78. The maximum Gasteiger partial charge on any atom is 0.239 e. The first-order valence-corrected chi connectivity index (χ1v) is 5.65. The Morgan fingerprint density at radius 2 is 2.00 bits per heavy atom. The molecule has 0 aromatic heterocycles. The number of nitrogens with one attached hydrogen (secondary N) is 1. The molecule has 0 aliphatic carbocycles. The number of rotatable bonds is 5. The van der Waals surface area contributed by atoms with E-state index < -0.39 is 21.3 Å². The van der Waals surface area contributed by atoms with Crippen LogP contribution in [0.5, 0.6) is 0 Å². The van der Waals surface area contributed by atoms with E-state index in [2.05, 4.69) is 4.72 Å². The summed E-state index contributed by atoms with van der Waals surface area (Å²) in [6.07, 6.45) is 0.363. The molecular formula is C6H12ClNO3S. The first-order chi connectivity index (χ1) is 5.43. The van der Waals surface area contributed by atoms with Gasteiger partial charge in [-0.15, -0.1) is 0 Å². The van der Waals surface area contributed by atoms with Crippen molar-refractivity contribution in [3.05, 3.63) is 0 Å². The van der Waals surface area contributed by atoms with Crippen molar-refractivity contribution in [3.8, 4) is 0 Å². The van der Waals surface area contributed by atoms with Crippen molar-refractivity contribution in [1.29, 1.82) is 0 Å². The molecule has 0 aromatic carbocycles. The molecule has 4 nitrogen and oxygen atoms in total. The van der Waals surface area contributed by atoms with Crippen LogP contribution in [-0.4, -0.2) is 25.5 Å². The molecule has 0 saturated heterocycles. The van der Waals surface area contributed by atoms with Gasteiger partial charge >= 0.3 is 0 Å². The highest BCUT2D eigenvalue weighted by Gasteiger charge is 2.19. The first kappa shape index (κ1) is 11.9. The monoisotopic (exact) mass is 213 g/mol. The van der Waals surface area contributed by atoms with Crippen molar-refractivity contribution < 1.29 is 13.2 Å². The Hall–Kier alpha value is -0.130. The Morgan fingerprint density at radius 1 is 1.50 bits per heavy atom. The van der Waals surface area contributed by atoms with Crippen LogP contribution in [0.3, 0.4) is 0 Å². The van der Waals surface area contributed by atoms with Gasteiger partial charge in [-0.2, -0.15) is 0 Å². The van der Waals surface area contributed by atoms with Crippen molar-refractivity contribution >= 4 is 26.9 Å². The molecule has 0 aliphatic rings. The van der Waals surface area contributed by atoms with Crippen LogP contribution >= 0.6 is 11.6 Å². The molecule has 0 rings (SSSR count). The number of sulfonamides is 1. The van der Waals surface area contributed by atoms with Crippen LogP contribution in [0.4, 0.5) is 0 Å². The molecule has 0 spiro atoms. The predicted octanol–water partition coefficient (Wildman–Crippen LogP) is 0.470. The SMILES string of the molecule is CCC(NS(=O)(=O)CC)C(=O)Cl. The molecule has 6 heteroatoms. The van der Waals surface area contributed by atoms with Gasteiger partial charge in [0, 0.05) is 0 Å². The van der Waals surface area contributed by atoms with E-state index in [-0.39, 0.29) is 5.75 Å². The lowest BCUT2D eigenvalue weighted by Gasteiger charge is -2.10. The maximum absolute atomic E-state index is 11.0. The third-order valence-electron chi connectivity index (χ3n) is 1.38. The highest BCUT2D eigenvalue weighted by Crippen LogP contribution is 1.99. The summed E-state index contributed by atoms with van der Waals surface area (Å²) in [6, 6.07) is -0.795. The smallest absolute Gasteiger partial charge is 0.239 e. The molecule has 0 aromatic rings. The molecule has 1 atom stereocenters. The number of carbonyl (C=O) groups excluding carboxylic acids is 1. The van der Waals surface area contributed by atoms with Crippen LogP contribution in [0, 0.1) is 0 Å². The van der Waals surface area contributed by atoms with Crippen molar-refractivity contribution in [1.82, 2.24) is 4.72 Å². The number of carbonyl (C=O) groups is 1. The third kappa shape index (κ3) is 4.04. The highest BCUT2D eigenvalue weighted by molar-refractivity contribution is 7.89. The standard InChI is InChI=1S/C6H12ClNO3S/c1-3-5(6(7)9)8-12(10,11)4-2/h5,8H,3-4H2,1-2H3. The normalized spacial score (nSPS) is 14.2. The van der Waals surface area contributed by atoms with Gasteiger partial charge in [-0.05, 0) is 24.9 Å². The molecule has 0 radical (unpaired) electrons. The lowest BCUT2D eigenvalue weighted by Crippen LogP contribution is -2.39. The van der Waals surface area contributed by atoms with E-state index in [0.29, 0.717) is 6.42 Å². The number of hydrogen-bond donors (Lipinski definition) is 1. The molecule has 12 heavy (non-hydrogen) atoms. The van der Waals surface area contributed by atoms with Gasteiger partial charge in [0.2, 0.25) is 15.3 Å². The topological polar surface area (TPSA) is 63.2 Å². The minimum absolute atomic E-state index is 0.0479. The summed E-state index contributed by atoms with van der Waals surface area (Å²) < 4.78 is 24.1. The van der Waals surface area contributed by atoms with Gasteiger partial charge in [0.1, 0.15) is 0 Å². The van der Waals surface area contributed by atoms with Gasteiger partial charge in [0.25, 0.3) is 0 Å². The van der Waals surface area contributed by atoms with Crippen molar-refractivity contribution in [2.75, 3.05) is 5.75 Å². The van der Waals surface area contributed by atoms with Crippen molar-refractivity contribution in [3.63, 3.8) is 0 Å². The quantitative estimate of drug-likeness (QED) is 0.676. The van der Waals surface area contributed by atoms with Gasteiger partial charge < -0.3 is 0 Å². The number of hydrogen-bond acceptors (Lipinski definition) is 3. The minimum Gasteiger partial charge on any atom is -0.279 e. The molecule has 0 heterocycles. The lowest BCUT2D eigenvalue weighted by atomic mass is 10.3. The Labute approximate surface area is 77.3 Å². The summed E-state index contributed by atoms with van der Waals surface area (Å²) in [5, 5.41) is -0.672. The Morgan fingerprint density at radius 3 is 2.25 bits per heavy atom. The van der Waals surface area contributed by atoms with Gasteiger partial charge in [-0.1, -0.05) is 6.92 Å². The first-order valence-electron chi connectivity index (χ1n) is 3.62. The second kappa shape index (κ2) is 4.79. The average molecular weight is 214 g/mol. The molecule has 1 unspecified atom stereocenters. The number of halogens is 1. The summed E-state index contributed by atoms with van der Waals surface area (Å²) >= 11 is 5.14. The van der Waals surface area contributed by atoms with Crippen LogP contribution in [0.25, 0.3) is 0 Å². The van der Waals surface area contributed by atoms with Crippen LogP contribution in [0.2, 0.25) is 0 Å². The molecule has 0 fully saturated rings. The molecule has 72 valence electrons. The van der Waals surface area contributed by atoms with Crippen LogP contribution in [-0.2, 0) is 14.8 Å².